The van der Waals surface area contributed by atoms with Gasteiger partial charge in [-0.05, 0) is 42.3 Å². The van der Waals surface area contributed by atoms with Crippen LogP contribution in [0.2, 0.25) is 0 Å². The third-order valence-corrected chi connectivity index (χ3v) is 3.75. The van der Waals surface area contributed by atoms with Gasteiger partial charge in [-0.2, -0.15) is 5.26 Å². The van der Waals surface area contributed by atoms with Crippen molar-refractivity contribution < 1.29 is 14.3 Å². The zero-order chi connectivity index (χ0) is 17.5. The van der Waals surface area contributed by atoms with Gasteiger partial charge in [0.15, 0.2) is 0 Å². The normalized spacial score (nSPS) is 11.2. The van der Waals surface area contributed by atoms with E-state index in [9.17, 15) is 9.59 Å². The first-order valence-corrected chi connectivity index (χ1v) is 7.48. The fourth-order valence-electron chi connectivity index (χ4n) is 2.33. The third kappa shape index (κ3) is 4.20. The molecule has 0 saturated heterocycles. The first kappa shape index (κ1) is 17.2. The summed E-state index contributed by atoms with van der Waals surface area (Å²) in [5, 5.41) is 11.5. The summed E-state index contributed by atoms with van der Waals surface area (Å²) >= 11 is 0. The highest BCUT2D eigenvalue weighted by Crippen LogP contribution is 2.11. The van der Waals surface area contributed by atoms with Gasteiger partial charge in [0.25, 0.3) is 5.91 Å². The van der Waals surface area contributed by atoms with E-state index in [0.29, 0.717) is 17.5 Å². The molecule has 2 aromatic rings. The van der Waals surface area contributed by atoms with E-state index >= 15 is 0 Å². The van der Waals surface area contributed by atoms with Crippen molar-refractivity contribution in [3.05, 3.63) is 70.8 Å². The van der Waals surface area contributed by atoms with Gasteiger partial charge >= 0.3 is 5.97 Å². The molecule has 2 rings (SSSR count). The lowest BCUT2D eigenvalue weighted by atomic mass is 10.0. The van der Waals surface area contributed by atoms with Crippen LogP contribution < -0.4 is 5.32 Å². The van der Waals surface area contributed by atoms with Crippen molar-refractivity contribution in [3.63, 3.8) is 0 Å². The summed E-state index contributed by atoms with van der Waals surface area (Å²) in [6.45, 7) is 1.95. The van der Waals surface area contributed by atoms with Crippen molar-refractivity contribution in [2.45, 2.75) is 19.4 Å². The number of ether oxygens (including phenoxy) is 1. The number of carbonyl (C=O) groups excluding carboxylic acids is 2. The number of rotatable bonds is 5. The number of nitrogens with one attached hydrogen (secondary N) is 1. The number of esters is 1. The fourth-order valence-corrected chi connectivity index (χ4v) is 2.33. The standard InChI is InChI=1S/C19H18N2O3/c1-13-5-3-4-6-16(13)11-17(19(23)24-2)21-18(22)15-9-7-14(12-20)8-10-15/h3-10,17H,11H2,1-2H3,(H,21,22)/t17-/m1/s1. The maximum absolute atomic E-state index is 12.3. The molecule has 0 radical (unpaired) electrons. The quantitative estimate of drug-likeness (QED) is 0.857. The van der Waals surface area contributed by atoms with Crippen LogP contribution in [0, 0.1) is 18.3 Å². The molecule has 1 atom stereocenters. The number of hydrogen-bond donors (Lipinski definition) is 1. The summed E-state index contributed by atoms with van der Waals surface area (Å²) in [5.74, 6) is -0.885. The summed E-state index contributed by atoms with van der Waals surface area (Å²) < 4.78 is 4.80. The molecule has 0 aliphatic heterocycles. The van der Waals surface area contributed by atoms with Crippen molar-refractivity contribution in [2.75, 3.05) is 7.11 Å². The zero-order valence-electron chi connectivity index (χ0n) is 13.6. The van der Waals surface area contributed by atoms with E-state index in [-0.39, 0.29) is 5.91 Å². The Morgan fingerprint density at radius 2 is 1.83 bits per heavy atom. The van der Waals surface area contributed by atoms with Gasteiger partial charge in [0.05, 0.1) is 18.7 Å². The molecule has 24 heavy (non-hydrogen) atoms. The Morgan fingerprint density at radius 3 is 2.42 bits per heavy atom. The number of methoxy groups -OCH3 is 1. The third-order valence-electron chi connectivity index (χ3n) is 3.75. The summed E-state index contributed by atoms with van der Waals surface area (Å²) in [4.78, 5) is 24.4. The van der Waals surface area contributed by atoms with E-state index in [1.807, 2.05) is 37.3 Å². The maximum atomic E-state index is 12.3. The van der Waals surface area contributed by atoms with Gasteiger partial charge in [-0.25, -0.2) is 4.79 Å². The predicted molar refractivity (Wildman–Crippen MR) is 89.3 cm³/mol. The number of nitriles is 1. The molecule has 0 spiro atoms. The van der Waals surface area contributed by atoms with Crippen LogP contribution in [0.1, 0.15) is 27.0 Å². The molecule has 0 saturated carbocycles. The van der Waals surface area contributed by atoms with Gasteiger partial charge in [-0.3, -0.25) is 4.79 Å². The van der Waals surface area contributed by atoms with Crippen LogP contribution >= 0.6 is 0 Å². The van der Waals surface area contributed by atoms with Crippen LogP contribution in [0.3, 0.4) is 0 Å². The molecule has 0 unspecified atom stereocenters. The van der Waals surface area contributed by atoms with E-state index in [2.05, 4.69) is 5.32 Å². The molecular weight excluding hydrogens is 304 g/mol. The second-order valence-electron chi connectivity index (χ2n) is 5.37. The predicted octanol–water partition coefficient (Wildman–Crippen LogP) is 2.38. The van der Waals surface area contributed by atoms with Crippen molar-refractivity contribution in [2.24, 2.45) is 0 Å². The van der Waals surface area contributed by atoms with Gasteiger partial charge in [0.2, 0.25) is 0 Å². The number of aryl methyl sites for hydroxylation is 1. The Bertz CT molecular complexity index is 776. The van der Waals surface area contributed by atoms with Crippen LogP contribution in [0.5, 0.6) is 0 Å². The molecule has 0 heterocycles. The molecule has 5 heteroatoms. The smallest absolute Gasteiger partial charge is 0.328 e. The average Bonchev–Trinajstić information content (AvgIpc) is 2.62. The summed E-state index contributed by atoms with van der Waals surface area (Å²) in [5.41, 5.74) is 2.86. The highest BCUT2D eigenvalue weighted by atomic mass is 16.5. The Kier molecular flexibility index (Phi) is 5.69. The molecule has 1 N–H and O–H groups in total. The minimum atomic E-state index is -0.778. The van der Waals surface area contributed by atoms with Crippen LogP contribution in [0.25, 0.3) is 0 Å². The molecule has 2 aromatic carbocycles. The topological polar surface area (TPSA) is 79.2 Å². The molecule has 0 fully saturated rings. The van der Waals surface area contributed by atoms with E-state index in [1.165, 1.54) is 7.11 Å². The minimum absolute atomic E-state index is 0.349. The highest BCUT2D eigenvalue weighted by Gasteiger charge is 2.23. The Hall–Kier alpha value is -3.13. The maximum Gasteiger partial charge on any atom is 0.328 e. The van der Waals surface area contributed by atoms with Crippen molar-refractivity contribution >= 4 is 11.9 Å². The highest BCUT2D eigenvalue weighted by molar-refractivity contribution is 5.96. The lowest BCUT2D eigenvalue weighted by Crippen LogP contribution is -2.43. The van der Waals surface area contributed by atoms with Crippen LogP contribution in [0.15, 0.2) is 48.5 Å². The average molecular weight is 322 g/mol. The largest absolute Gasteiger partial charge is 0.467 e. The number of nitrogens with zero attached hydrogens (tertiary/aromatic N) is 1. The van der Waals surface area contributed by atoms with Gasteiger partial charge in [0, 0.05) is 12.0 Å². The van der Waals surface area contributed by atoms with Gasteiger partial charge in [-0.15, -0.1) is 0 Å². The monoisotopic (exact) mass is 322 g/mol. The lowest BCUT2D eigenvalue weighted by Gasteiger charge is -2.17. The molecule has 0 aromatic heterocycles. The summed E-state index contributed by atoms with van der Waals surface area (Å²) in [7, 11) is 1.29. The molecule has 0 bridgehead atoms. The van der Waals surface area contributed by atoms with Crippen molar-refractivity contribution in [1.29, 1.82) is 5.26 Å². The van der Waals surface area contributed by atoms with Gasteiger partial charge in [0.1, 0.15) is 6.04 Å². The van der Waals surface area contributed by atoms with Gasteiger partial charge in [-0.1, -0.05) is 24.3 Å². The number of benzene rings is 2. The van der Waals surface area contributed by atoms with Crippen LogP contribution in [-0.2, 0) is 16.0 Å². The lowest BCUT2D eigenvalue weighted by molar-refractivity contribution is -0.142. The van der Waals surface area contributed by atoms with Crippen LogP contribution in [0.4, 0.5) is 0 Å². The SMILES string of the molecule is COC(=O)[C@@H](Cc1ccccc1C)NC(=O)c1ccc(C#N)cc1. The summed E-state index contributed by atoms with van der Waals surface area (Å²) in [6, 6.07) is 15.1. The van der Waals surface area contributed by atoms with E-state index < -0.39 is 12.0 Å². The number of carbonyl (C=O) groups is 2. The summed E-state index contributed by atoms with van der Waals surface area (Å²) in [6.07, 6.45) is 0.349. The molecule has 0 aliphatic rings. The fraction of sp³-hybridized carbons (Fsp3) is 0.211. The molecule has 5 nitrogen and oxygen atoms in total. The molecule has 122 valence electrons. The Morgan fingerprint density at radius 1 is 1.17 bits per heavy atom. The zero-order valence-corrected chi connectivity index (χ0v) is 13.6. The number of hydrogen-bond acceptors (Lipinski definition) is 4. The van der Waals surface area contributed by atoms with Crippen molar-refractivity contribution in [3.8, 4) is 6.07 Å². The first-order valence-electron chi connectivity index (χ1n) is 7.48. The van der Waals surface area contributed by atoms with Crippen molar-refractivity contribution in [1.82, 2.24) is 5.32 Å². The Labute approximate surface area is 140 Å². The van der Waals surface area contributed by atoms with E-state index in [1.54, 1.807) is 24.3 Å². The Balaban J connectivity index is 2.16. The molecule has 1 amide bonds. The van der Waals surface area contributed by atoms with Gasteiger partial charge < -0.3 is 10.1 Å². The minimum Gasteiger partial charge on any atom is -0.467 e. The van der Waals surface area contributed by atoms with E-state index in [4.69, 9.17) is 10.00 Å². The number of amides is 1. The second-order valence-corrected chi connectivity index (χ2v) is 5.37. The molecular formula is C19H18N2O3. The molecule has 0 aliphatic carbocycles. The van der Waals surface area contributed by atoms with Crippen LogP contribution in [-0.4, -0.2) is 25.0 Å². The second kappa shape index (κ2) is 7.93. The first-order chi connectivity index (χ1) is 11.5. The van der Waals surface area contributed by atoms with E-state index in [0.717, 1.165) is 11.1 Å².